The summed E-state index contributed by atoms with van der Waals surface area (Å²) in [4.78, 5) is 11.8. The number of amides is 1. The second kappa shape index (κ2) is 8.02. The van der Waals surface area contributed by atoms with Crippen molar-refractivity contribution in [2.45, 2.75) is 26.7 Å². The molecule has 0 aliphatic rings. The predicted molar refractivity (Wildman–Crippen MR) is 78.7 cm³/mol. The maximum atomic E-state index is 11.8. The number of benzene rings is 1. The van der Waals surface area contributed by atoms with Crippen LogP contribution in [0.3, 0.4) is 0 Å². The number of carbonyl (C=O) groups excluding carboxylic acids is 1. The summed E-state index contributed by atoms with van der Waals surface area (Å²) in [6.45, 7) is 5.00. The first-order chi connectivity index (χ1) is 9.10. The van der Waals surface area contributed by atoms with Crippen molar-refractivity contribution in [2.75, 3.05) is 18.5 Å². The highest BCUT2D eigenvalue weighted by Gasteiger charge is 2.11. The number of nitrogens with one attached hydrogen (secondary N) is 1. The first-order valence-corrected chi connectivity index (χ1v) is 6.90. The lowest BCUT2D eigenvalue weighted by molar-refractivity contribution is -0.117. The van der Waals surface area contributed by atoms with Crippen LogP contribution in [0.25, 0.3) is 0 Å². The first-order valence-electron chi connectivity index (χ1n) is 6.52. The molecule has 0 aliphatic carbocycles. The number of halogens is 1. The third-order valence-corrected chi connectivity index (χ3v) is 3.20. The summed E-state index contributed by atoms with van der Waals surface area (Å²) in [5, 5.41) is 3.31. The summed E-state index contributed by atoms with van der Waals surface area (Å²) >= 11 is 6.06. The number of hydrogen-bond donors (Lipinski definition) is 2. The van der Waals surface area contributed by atoms with Gasteiger partial charge >= 0.3 is 0 Å². The average molecular weight is 285 g/mol. The van der Waals surface area contributed by atoms with Crippen molar-refractivity contribution in [1.29, 1.82) is 0 Å². The smallest absolute Gasteiger partial charge is 0.224 e. The number of hydrogen-bond acceptors (Lipinski definition) is 3. The van der Waals surface area contributed by atoms with E-state index in [0.717, 1.165) is 6.42 Å². The molecule has 0 radical (unpaired) electrons. The summed E-state index contributed by atoms with van der Waals surface area (Å²) in [5.74, 6) is 0.797. The Morgan fingerprint density at radius 2 is 2.21 bits per heavy atom. The molecule has 1 atom stereocenters. The second-order valence-electron chi connectivity index (χ2n) is 4.34. The van der Waals surface area contributed by atoms with Crippen molar-refractivity contribution in [3.8, 4) is 5.75 Å². The molecule has 0 spiro atoms. The average Bonchev–Trinajstić information content (AvgIpc) is 2.39. The fraction of sp³-hybridized carbons (Fsp3) is 0.500. The van der Waals surface area contributed by atoms with Gasteiger partial charge in [0.15, 0.2) is 0 Å². The number of rotatable bonds is 7. The maximum absolute atomic E-state index is 11.8. The van der Waals surface area contributed by atoms with Gasteiger partial charge in [-0.2, -0.15) is 0 Å². The van der Waals surface area contributed by atoms with Crippen molar-refractivity contribution in [1.82, 2.24) is 0 Å². The third kappa shape index (κ3) is 5.09. The standard InChI is InChI=1S/C14H21ClN2O2/c1-3-10(9-16)7-14(18)17-11-5-6-13(19-4-2)12(15)8-11/h5-6,8,10H,3-4,7,9,16H2,1-2H3,(H,17,18). The van der Waals surface area contributed by atoms with E-state index < -0.39 is 0 Å². The summed E-state index contributed by atoms with van der Waals surface area (Å²) in [6.07, 6.45) is 1.33. The van der Waals surface area contributed by atoms with Crippen LogP contribution in [-0.2, 0) is 4.79 Å². The van der Waals surface area contributed by atoms with Gasteiger partial charge in [-0.25, -0.2) is 0 Å². The van der Waals surface area contributed by atoms with E-state index in [-0.39, 0.29) is 11.8 Å². The Hall–Kier alpha value is -1.26. The second-order valence-corrected chi connectivity index (χ2v) is 4.75. The van der Waals surface area contributed by atoms with E-state index in [2.05, 4.69) is 5.32 Å². The topological polar surface area (TPSA) is 64.3 Å². The Balaban J connectivity index is 2.62. The zero-order valence-electron chi connectivity index (χ0n) is 11.4. The Kier molecular flexibility index (Phi) is 6.67. The van der Waals surface area contributed by atoms with Crippen LogP contribution in [0.5, 0.6) is 5.75 Å². The molecule has 4 nitrogen and oxygen atoms in total. The van der Waals surface area contributed by atoms with Gasteiger partial charge in [-0.05, 0) is 37.6 Å². The SMILES string of the molecule is CCOc1ccc(NC(=O)CC(CC)CN)cc1Cl. The van der Waals surface area contributed by atoms with Gasteiger partial charge in [-0.15, -0.1) is 0 Å². The molecule has 106 valence electrons. The van der Waals surface area contributed by atoms with E-state index in [9.17, 15) is 4.79 Å². The number of nitrogens with two attached hydrogens (primary N) is 1. The van der Waals surface area contributed by atoms with Crippen molar-refractivity contribution >= 4 is 23.2 Å². The molecule has 1 aromatic rings. The van der Waals surface area contributed by atoms with Gasteiger partial charge < -0.3 is 15.8 Å². The molecule has 1 rings (SSSR count). The molecular weight excluding hydrogens is 264 g/mol. The molecule has 0 saturated heterocycles. The van der Waals surface area contributed by atoms with E-state index in [4.69, 9.17) is 22.1 Å². The molecule has 0 saturated carbocycles. The van der Waals surface area contributed by atoms with Gasteiger partial charge in [0, 0.05) is 12.1 Å². The van der Waals surface area contributed by atoms with Crippen LogP contribution in [0.15, 0.2) is 18.2 Å². The largest absolute Gasteiger partial charge is 0.492 e. The Morgan fingerprint density at radius 3 is 2.74 bits per heavy atom. The fourth-order valence-corrected chi connectivity index (χ4v) is 1.95. The lowest BCUT2D eigenvalue weighted by Gasteiger charge is -2.13. The summed E-state index contributed by atoms with van der Waals surface area (Å²) in [7, 11) is 0. The molecule has 0 aliphatic heterocycles. The van der Waals surface area contributed by atoms with E-state index in [1.807, 2.05) is 13.8 Å². The number of anilines is 1. The third-order valence-electron chi connectivity index (χ3n) is 2.90. The molecule has 0 bridgehead atoms. The lowest BCUT2D eigenvalue weighted by atomic mass is 10.0. The first kappa shape index (κ1) is 15.8. The molecule has 0 fully saturated rings. The lowest BCUT2D eigenvalue weighted by Crippen LogP contribution is -2.21. The minimum atomic E-state index is -0.0440. The predicted octanol–water partition coefficient (Wildman–Crippen LogP) is 3.05. The van der Waals surface area contributed by atoms with E-state index in [1.54, 1.807) is 18.2 Å². The molecule has 19 heavy (non-hydrogen) atoms. The zero-order valence-corrected chi connectivity index (χ0v) is 12.2. The number of ether oxygens (including phenoxy) is 1. The van der Waals surface area contributed by atoms with Gasteiger partial charge in [-0.3, -0.25) is 4.79 Å². The molecule has 0 aromatic heterocycles. The van der Waals surface area contributed by atoms with Crippen molar-refractivity contribution in [2.24, 2.45) is 11.7 Å². The van der Waals surface area contributed by atoms with Crippen molar-refractivity contribution < 1.29 is 9.53 Å². The van der Waals surface area contributed by atoms with Crippen molar-refractivity contribution in [3.05, 3.63) is 23.2 Å². The highest BCUT2D eigenvalue weighted by molar-refractivity contribution is 6.32. The quantitative estimate of drug-likeness (QED) is 0.809. The maximum Gasteiger partial charge on any atom is 0.224 e. The van der Waals surface area contributed by atoms with Crippen LogP contribution in [-0.4, -0.2) is 19.1 Å². The van der Waals surface area contributed by atoms with Gasteiger partial charge in [0.2, 0.25) is 5.91 Å². The Bertz CT molecular complexity index is 420. The molecule has 5 heteroatoms. The minimum absolute atomic E-state index is 0.0440. The highest BCUT2D eigenvalue weighted by Crippen LogP contribution is 2.27. The van der Waals surface area contributed by atoms with Crippen LogP contribution in [0.4, 0.5) is 5.69 Å². The molecule has 1 unspecified atom stereocenters. The van der Waals surface area contributed by atoms with E-state index in [1.165, 1.54) is 0 Å². The molecule has 0 heterocycles. The van der Waals surface area contributed by atoms with Gasteiger partial charge in [0.05, 0.1) is 11.6 Å². The fourth-order valence-electron chi connectivity index (χ4n) is 1.72. The van der Waals surface area contributed by atoms with E-state index >= 15 is 0 Å². The Labute approximate surface area is 119 Å². The van der Waals surface area contributed by atoms with Gasteiger partial charge in [0.1, 0.15) is 5.75 Å². The van der Waals surface area contributed by atoms with Crippen LogP contribution >= 0.6 is 11.6 Å². The van der Waals surface area contributed by atoms with Crippen molar-refractivity contribution in [3.63, 3.8) is 0 Å². The minimum Gasteiger partial charge on any atom is -0.492 e. The Morgan fingerprint density at radius 1 is 1.47 bits per heavy atom. The summed E-state index contributed by atoms with van der Waals surface area (Å²) in [5.41, 5.74) is 6.26. The molecule has 1 amide bonds. The molecule has 3 N–H and O–H groups in total. The normalized spacial score (nSPS) is 12.0. The van der Waals surface area contributed by atoms with Crippen LogP contribution in [0.2, 0.25) is 5.02 Å². The summed E-state index contributed by atoms with van der Waals surface area (Å²) in [6, 6.07) is 5.22. The number of carbonyl (C=O) groups is 1. The highest BCUT2D eigenvalue weighted by atomic mass is 35.5. The molecule has 1 aromatic carbocycles. The van der Waals surface area contributed by atoms with Gasteiger partial charge in [0.25, 0.3) is 0 Å². The zero-order chi connectivity index (χ0) is 14.3. The molecular formula is C14H21ClN2O2. The van der Waals surface area contributed by atoms with Crippen LogP contribution in [0, 0.1) is 5.92 Å². The summed E-state index contributed by atoms with van der Waals surface area (Å²) < 4.78 is 5.33. The monoisotopic (exact) mass is 284 g/mol. The van der Waals surface area contributed by atoms with Gasteiger partial charge in [-0.1, -0.05) is 24.9 Å². The van der Waals surface area contributed by atoms with E-state index in [0.29, 0.717) is 36.0 Å². The van der Waals surface area contributed by atoms with Crippen LogP contribution < -0.4 is 15.8 Å². The van der Waals surface area contributed by atoms with Crippen LogP contribution in [0.1, 0.15) is 26.7 Å².